The third-order valence-corrected chi connectivity index (χ3v) is 4.39. The number of benzene rings is 1. The van der Waals surface area contributed by atoms with Crippen molar-refractivity contribution in [3.05, 3.63) is 42.3 Å². The van der Waals surface area contributed by atoms with Crippen molar-refractivity contribution in [1.29, 1.82) is 0 Å². The van der Waals surface area contributed by atoms with Crippen LogP contribution >= 0.6 is 11.8 Å². The van der Waals surface area contributed by atoms with Crippen LogP contribution in [0.4, 0.5) is 0 Å². The molecule has 128 valence electrons. The van der Waals surface area contributed by atoms with E-state index in [1.54, 1.807) is 20.2 Å². The zero-order valence-corrected chi connectivity index (χ0v) is 14.5. The van der Waals surface area contributed by atoms with Gasteiger partial charge in [0.2, 0.25) is 11.8 Å². The lowest BCUT2D eigenvalue weighted by atomic mass is 10.2. The van der Waals surface area contributed by atoms with E-state index in [0.29, 0.717) is 11.6 Å². The molecule has 1 unspecified atom stereocenters. The number of carboxylic acid groups (broad SMARTS) is 1. The van der Waals surface area contributed by atoms with Crippen molar-refractivity contribution in [3.8, 4) is 11.5 Å². The summed E-state index contributed by atoms with van der Waals surface area (Å²) in [7, 11) is 1.62. The Labute approximate surface area is 144 Å². The van der Waals surface area contributed by atoms with Crippen molar-refractivity contribution in [2.75, 3.05) is 19.3 Å². The van der Waals surface area contributed by atoms with Crippen LogP contribution in [0.25, 0.3) is 11.5 Å². The summed E-state index contributed by atoms with van der Waals surface area (Å²) in [6.07, 6.45) is 1.59. The highest BCUT2D eigenvalue weighted by Gasteiger charge is 2.17. The van der Waals surface area contributed by atoms with Crippen LogP contribution in [0.1, 0.15) is 12.6 Å². The molecule has 0 bridgehead atoms. The minimum atomic E-state index is -0.904. The van der Waals surface area contributed by atoms with E-state index >= 15 is 0 Å². The number of oxazole rings is 1. The summed E-state index contributed by atoms with van der Waals surface area (Å²) in [6, 6.07) is 9.60. The molecule has 0 saturated heterocycles. The van der Waals surface area contributed by atoms with Crippen molar-refractivity contribution in [2.24, 2.45) is 5.92 Å². The zero-order valence-electron chi connectivity index (χ0n) is 13.6. The largest absolute Gasteiger partial charge is 0.481 e. The summed E-state index contributed by atoms with van der Waals surface area (Å²) in [5.41, 5.74) is 1.68. The Bertz CT molecular complexity index is 687. The fourth-order valence-electron chi connectivity index (χ4n) is 2.03. The average molecular weight is 348 g/mol. The Morgan fingerprint density at radius 1 is 1.33 bits per heavy atom. The summed E-state index contributed by atoms with van der Waals surface area (Å²) in [5.74, 6) is -0.183. The second-order valence-corrected chi connectivity index (χ2v) is 6.50. The van der Waals surface area contributed by atoms with E-state index < -0.39 is 11.9 Å². The van der Waals surface area contributed by atoms with Gasteiger partial charge >= 0.3 is 5.97 Å². The van der Waals surface area contributed by atoms with Crippen LogP contribution in [0.15, 0.2) is 41.0 Å². The van der Waals surface area contributed by atoms with Crippen molar-refractivity contribution in [3.63, 3.8) is 0 Å². The van der Waals surface area contributed by atoms with Gasteiger partial charge in [-0.05, 0) is 12.1 Å². The van der Waals surface area contributed by atoms with Gasteiger partial charge in [0.15, 0.2) is 0 Å². The summed E-state index contributed by atoms with van der Waals surface area (Å²) >= 11 is 1.43. The number of thioether (sulfide) groups is 1. The van der Waals surface area contributed by atoms with E-state index in [4.69, 9.17) is 9.52 Å². The second-order valence-electron chi connectivity index (χ2n) is 5.52. The van der Waals surface area contributed by atoms with Crippen LogP contribution in [0.5, 0.6) is 0 Å². The van der Waals surface area contributed by atoms with E-state index in [9.17, 15) is 9.59 Å². The van der Waals surface area contributed by atoms with Gasteiger partial charge in [-0.1, -0.05) is 25.1 Å². The highest BCUT2D eigenvalue weighted by molar-refractivity contribution is 7.99. The molecular weight excluding hydrogens is 328 g/mol. The SMILES string of the molecule is CC(CN(C)C(=O)CSCc1coc(-c2ccccc2)n1)C(=O)O. The number of hydrogen-bond donors (Lipinski definition) is 1. The van der Waals surface area contributed by atoms with Gasteiger partial charge in [0.05, 0.1) is 17.4 Å². The average Bonchev–Trinajstić information content (AvgIpc) is 3.04. The maximum atomic E-state index is 12.0. The van der Waals surface area contributed by atoms with Gasteiger partial charge in [-0.2, -0.15) is 0 Å². The molecule has 0 spiro atoms. The number of amides is 1. The van der Waals surface area contributed by atoms with Crippen LogP contribution in [0.3, 0.4) is 0 Å². The lowest BCUT2D eigenvalue weighted by Gasteiger charge is -2.19. The minimum absolute atomic E-state index is 0.0973. The molecule has 0 aliphatic rings. The summed E-state index contributed by atoms with van der Waals surface area (Å²) in [4.78, 5) is 28.7. The third-order valence-electron chi connectivity index (χ3n) is 3.44. The molecule has 0 aliphatic carbocycles. The zero-order chi connectivity index (χ0) is 17.5. The van der Waals surface area contributed by atoms with E-state index in [0.717, 1.165) is 11.3 Å². The molecular formula is C17H20N2O4S. The molecule has 0 fully saturated rings. The molecule has 1 N–H and O–H groups in total. The number of aromatic nitrogens is 1. The highest BCUT2D eigenvalue weighted by atomic mass is 32.2. The first kappa shape index (κ1) is 18.1. The predicted octanol–water partition coefficient (Wildman–Crippen LogP) is 2.75. The number of carbonyl (C=O) groups excluding carboxylic acids is 1. The monoisotopic (exact) mass is 348 g/mol. The van der Waals surface area contributed by atoms with Gasteiger partial charge < -0.3 is 14.4 Å². The maximum absolute atomic E-state index is 12.0. The fraction of sp³-hybridized carbons (Fsp3) is 0.353. The molecule has 0 radical (unpaired) electrons. The molecule has 6 nitrogen and oxygen atoms in total. The van der Waals surface area contributed by atoms with Crippen molar-refractivity contribution < 1.29 is 19.1 Å². The number of rotatable bonds is 8. The lowest BCUT2D eigenvalue weighted by Crippen LogP contribution is -2.34. The number of aliphatic carboxylic acids is 1. The van der Waals surface area contributed by atoms with Crippen LogP contribution in [-0.2, 0) is 15.3 Å². The molecule has 1 atom stereocenters. The van der Waals surface area contributed by atoms with E-state index in [2.05, 4.69) is 4.98 Å². The molecule has 1 aromatic heterocycles. The van der Waals surface area contributed by atoms with Crippen molar-refractivity contribution >= 4 is 23.6 Å². The Hall–Kier alpha value is -2.28. The molecule has 1 aromatic carbocycles. The smallest absolute Gasteiger partial charge is 0.308 e. The fourth-order valence-corrected chi connectivity index (χ4v) is 2.87. The molecule has 2 aromatic rings. The van der Waals surface area contributed by atoms with Crippen LogP contribution < -0.4 is 0 Å². The van der Waals surface area contributed by atoms with Crippen LogP contribution in [-0.4, -0.2) is 46.2 Å². The quantitative estimate of drug-likeness (QED) is 0.790. The summed E-state index contributed by atoms with van der Waals surface area (Å²) < 4.78 is 5.45. The molecule has 1 heterocycles. The number of nitrogens with zero attached hydrogens (tertiary/aromatic N) is 2. The highest BCUT2D eigenvalue weighted by Crippen LogP contribution is 2.20. The topological polar surface area (TPSA) is 83.6 Å². The van der Waals surface area contributed by atoms with Crippen LogP contribution in [0.2, 0.25) is 0 Å². The van der Waals surface area contributed by atoms with E-state index in [-0.39, 0.29) is 18.2 Å². The predicted molar refractivity (Wildman–Crippen MR) is 92.5 cm³/mol. The van der Waals surface area contributed by atoms with Crippen molar-refractivity contribution in [2.45, 2.75) is 12.7 Å². The molecule has 1 amide bonds. The van der Waals surface area contributed by atoms with E-state index in [1.807, 2.05) is 30.3 Å². The van der Waals surface area contributed by atoms with Gasteiger partial charge in [0.25, 0.3) is 0 Å². The normalized spacial score (nSPS) is 11.9. The number of hydrogen-bond acceptors (Lipinski definition) is 5. The number of carboxylic acids is 1. The van der Waals surface area contributed by atoms with Crippen LogP contribution in [0, 0.1) is 5.92 Å². The standard InChI is InChI=1S/C17H20N2O4S/c1-12(17(21)22)8-19(2)15(20)11-24-10-14-9-23-16(18-14)13-6-4-3-5-7-13/h3-7,9,12H,8,10-11H2,1-2H3,(H,21,22). The van der Waals surface area contributed by atoms with Gasteiger partial charge in [0, 0.05) is 24.9 Å². The van der Waals surface area contributed by atoms with Gasteiger partial charge in [-0.3, -0.25) is 9.59 Å². The second kappa shape index (κ2) is 8.54. The van der Waals surface area contributed by atoms with Gasteiger partial charge in [0.1, 0.15) is 6.26 Å². The Balaban J connectivity index is 1.79. The molecule has 2 rings (SSSR count). The Kier molecular flexibility index (Phi) is 6.43. The van der Waals surface area contributed by atoms with Crippen molar-refractivity contribution in [1.82, 2.24) is 9.88 Å². The van der Waals surface area contributed by atoms with Gasteiger partial charge in [-0.15, -0.1) is 11.8 Å². The molecule has 0 saturated carbocycles. The maximum Gasteiger partial charge on any atom is 0.308 e. The summed E-state index contributed by atoms with van der Waals surface area (Å²) in [5, 5.41) is 8.87. The third kappa shape index (κ3) is 5.13. The summed E-state index contributed by atoms with van der Waals surface area (Å²) in [6.45, 7) is 1.79. The number of carbonyl (C=O) groups is 2. The Morgan fingerprint density at radius 3 is 2.71 bits per heavy atom. The first-order valence-corrected chi connectivity index (χ1v) is 8.67. The first-order valence-electron chi connectivity index (χ1n) is 7.51. The molecule has 7 heteroatoms. The lowest BCUT2D eigenvalue weighted by molar-refractivity contribution is -0.142. The van der Waals surface area contributed by atoms with Gasteiger partial charge in [-0.25, -0.2) is 4.98 Å². The molecule has 0 aliphatic heterocycles. The molecule has 24 heavy (non-hydrogen) atoms. The first-order chi connectivity index (χ1) is 11.5. The Morgan fingerprint density at radius 2 is 2.04 bits per heavy atom. The minimum Gasteiger partial charge on any atom is -0.481 e. The van der Waals surface area contributed by atoms with E-state index in [1.165, 1.54) is 16.7 Å².